The standard InChI is InChI=1S/C13H26N2/c1-12(2)8-11(12)15-10-13(9-14)6-4-3-5-7-13/h11,15H,3-10,14H2,1-2H3. The molecular formula is C13H26N2. The topological polar surface area (TPSA) is 38.0 Å². The van der Waals surface area contributed by atoms with Crippen molar-refractivity contribution in [3.63, 3.8) is 0 Å². The maximum absolute atomic E-state index is 5.97. The molecule has 2 fully saturated rings. The molecule has 2 rings (SSSR count). The van der Waals surface area contributed by atoms with Gasteiger partial charge in [-0.3, -0.25) is 0 Å². The van der Waals surface area contributed by atoms with Gasteiger partial charge in [-0.05, 0) is 36.6 Å². The van der Waals surface area contributed by atoms with Gasteiger partial charge in [0.05, 0.1) is 0 Å². The largest absolute Gasteiger partial charge is 0.330 e. The third kappa shape index (κ3) is 2.54. The summed E-state index contributed by atoms with van der Waals surface area (Å²) in [5, 5.41) is 3.73. The van der Waals surface area contributed by atoms with E-state index in [4.69, 9.17) is 5.73 Å². The molecule has 88 valence electrons. The maximum Gasteiger partial charge on any atom is 0.0125 e. The molecule has 2 aliphatic rings. The average molecular weight is 210 g/mol. The highest BCUT2D eigenvalue weighted by Gasteiger charge is 2.46. The highest BCUT2D eigenvalue weighted by Crippen LogP contribution is 2.45. The highest BCUT2D eigenvalue weighted by atomic mass is 15.0. The van der Waals surface area contributed by atoms with Crippen molar-refractivity contribution in [1.82, 2.24) is 5.32 Å². The number of hydrogen-bond donors (Lipinski definition) is 2. The average Bonchev–Trinajstić information content (AvgIpc) is 2.85. The van der Waals surface area contributed by atoms with E-state index in [1.807, 2.05) is 0 Å². The van der Waals surface area contributed by atoms with Crippen LogP contribution in [0.15, 0.2) is 0 Å². The van der Waals surface area contributed by atoms with Gasteiger partial charge in [-0.2, -0.15) is 0 Å². The van der Waals surface area contributed by atoms with Crippen molar-refractivity contribution >= 4 is 0 Å². The van der Waals surface area contributed by atoms with Crippen LogP contribution in [-0.4, -0.2) is 19.1 Å². The van der Waals surface area contributed by atoms with Crippen molar-refractivity contribution in [3.05, 3.63) is 0 Å². The Morgan fingerprint density at radius 3 is 2.27 bits per heavy atom. The molecule has 2 saturated carbocycles. The van der Waals surface area contributed by atoms with Crippen LogP contribution in [-0.2, 0) is 0 Å². The molecule has 2 nitrogen and oxygen atoms in total. The van der Waals surface area contributed by atoms with Crippen LogP contribution in [0.1, 0.15) is 52.4 Å². The first kappa shape index (κ1) is 11.4. The molecule has 0 aromatic rings. The molecule has 3 N–H and O–H groups in total. The van der Waals surface area contributed by atoms with Crippen molar-refractivity contribution in [2.24, 2.45) is 16.6 Å². The molecule has 0 heterocycles. The molecule has 0 aliphatic heterocycles. The van der Waals surface area contributed by atoms with Crippen molar-refractivity contribution in [1.29, 1.82) is 0 Å². The fourth-order valence-corrected chi connectivity index (χ4v) is 2.91. The van der Waals surface area contributed by atoms with E-state index >= 15 is 0 Å². The second-order valence-corrected chi connectivity index (χ2v) is 6.39. The predicted molar refractivity (Wildman–Crippen MR) is 64.8 cm³/mol. The van der Waals surface area contributed by atoms with Gasteiger partial charge in [-0.25, -0.2) is 0 Å². The summed E-state index contributed by atoms with van der Waals surface area (Å²) in [5.41, 5.74) is 6.95. The highest BCUT2D eigenvalue weighted by molar-refractivity contribution is 5.02. The first-order valence-corrected chi connectivity index (χ1v) is 6.52. The lowest BCUT2D eigenvalue weighted by molar-refractivity contribution is 0.188. The fourth-order valence-electron chi connectivity index (χ4n) is 2.91. The predicted octanol–water partition coefficient (Wildman–Crippen LogP) is 2.28. The summed E-state index contributed by atoms with van der Waals surface area (Å²) in [4.78, 5) is 0. The molecule has 15 heavy (non-hydrogen) atoms. The molecule has 2 heteroatoms. The number of nitrogens with two attached hydrogens (primary N) is 1. The van der Waals surface area contributed by atoms with Crippen LogP contribution in [0.4, 0.5) is 0 Å². The van der Waals surface area contributed by atoms with Gasteiger partial charge in [0.2, 0.25) is 0 Å². The van der Waals surface area contributed by atoms with Crippen LogP contribution in [0.3, 0.4) is 0 Å². The van der Waals surface area contributed by atoms with E-state index in [1.54, 1.807) is 0 Å². The zero-order chi connectivity index (χ0) is 10.9. The summed E-state index contributed by atoms with van der Waals surface area (Å²) >= 11 is 0. The minimum absolute atomic E-state index is 0.428. The van der Waals surface area contributed by atoms with Crippen molar-refractivity contribution in [3.8, 4) is 0 Å². The Labute approximate surface area is 94.0 Å². The second kappa shape index (κ2) is 4.06. The number of hydrogen-bond acceptors (Lipinski definition) is 2. The summed E-state index contributed by atoms with van der Waals surface area (Å²) in [7, 11) is 0. The molecule has 1 unspecified atom stereocenters. The van der Waals surface area contributed by atoms with E-state index in [0.29, 0.717) is 10.8 Å². The lowest BCUT2D eigenvalue weighted by Crippen LogP contribution is -2.43. The summed E-state index contributed by atoms with van der Waals surface area (Å²) in [5.74, 6) is 0. The first-order chi connectivity index (χ1) is 7.08. The Hall–Kier alpha value is -0.0800. The summed E-state index contributed by atoms with van der Waals surface area (Å²) in [6.45, 7) is 6.71. The van der Waals surface area contributed by atoms with Gasteiger partial charge in [0.1, 0.15) is 0 Å². The summed E-state index contributed by atoms with van der Waals surface area (Å²) < 4.78 is 0. The third-order valence-electron chi connectivity index (χ3n) is 4.58. The quantitative estimate of drug-likeness (QED) is 0.747. The molecule has 0 aromatic heterocycles. The van der Waals surface area contributed by atoms with E-state index in [0.717, 1.165) is 19.1 Å². The Morgan fingerprint density at radius 1 is 1.20 bits per heavy atom. The monoisotopic (exact) mass is 210 g/mol. The number of nitrogens with one attached hydrogen (secondary N) is 1. The third-order valence-corrected chi connectivity index (χ3v) is 4.58. The maximum atomic E-state index is 5.97. The SMILES string of the molecule is CC1(C)CC1NCC1(CN)CCCCC1. The van der Waals surface area contributed by atoms with Gasteiger partial charge in [0.25, 0.3) is 0 Å². The zero-order valence-corrected chi connectivity index (χ0v) is 10.3. The van der Waals surface area contributed by atoms with Crippen molar-refractivity contribution in [2.75, 3.05) is 13.1 Å². The van der Waals surface area contributed by atoms with Crippen molar-refractivity contribution < 1.29 is 0 Å². The van der Waals surface area contributed by atoms with Crippen LogP contribution in [0.25, 0.3) is 0 Å². The molecule has 0 spiro atoms. The van der Waals surface area contributed by atoms with Gasteiger partial charge in [0, 0.05) is 12.6 Å². The Balaban J connectivity index is 1.80. The molecule has 0 bridgehead atoms. The van der Waals surface area contributed by atoms with E-state index < -0.39 is 0 Å². The normalized spacial score (nSPS) is 32.6. The van der Waals surface area contributed by atoms with Crippen molar-refractivity contribution in [2.45, 2.75) is 58.4 Å². The molecule has 0 saturated heterocycles. The van der Waals surface area contributed by atoms with Crippen LogP contribution in [0, 0.1) is 10.8 Å². The Kier molecular flexibility index (Phi) is 3.09. The van der Waals surface area contributed by atoms with Gasteiger partial charge < -0.3 is 11.1 Å². The first-order valence-electron chi connectivity index (χ1n) is 6.52. The van der Waals surface area contributed by atoms with E-state index in [9.17, 15) is 0 Å². The Bertz CT molecular complexity index is 217. The lowest BCUT2D eigenvalue weighted by Gasteiger charge is -2.36. The second-order valence-electron chi connectivity index (χ2n) is 6.39. The molecule has 0 radical (unpaired) electrons. The van der Waals surface area contributed by atoms with Crippen LogP contribution >= 0.6 is 0 Å². The lowest BCUT2D eigenvalue weighted by atomic mass is 9.74. The molecule has 0 aromatic carbocycles. The Morgan fingerprint density at radius 2 is 1.80 bits per heavy atom. The van der Waals surface area contributed by atoms with E-state index in [-0.39, 0.29) is 0 Å². The van der Waals surface area contributed by atoms with Gasteiger partial charge in [-0.1, -0.05) is 33.1 Å². The van der Waals surface area contributed by atoms with Gasteiger partial charge in [-0.15, -0.1) is 0 Å². The summed E-state index contributed by atoms with van der Waals surface area (Å²) in [6, 6.07) is 0.753. The molecular weight excluding hydrogens is 184 g/mol. The van der Waals surface area contributed by atoms with Crippen LogP contribution < -0.4 is 11.1 Å². The van der Waals surface area contributed by atoms with E-state index in [2.05, 4.69) is 19.2 Å². The van der Waals surface area contributed by atoms with Gasteiger partial charge in [0.15, 0.2) is 0 Å². The van der Waals surface area contributed by atoms with Crippen LogP contribution in [0.5, 0.6) is 0 Å². The fraction of sp³-hybridized carbons (Fsp3) is 1.00. The molecule has 1 atom stereocenters. The molecule has 2 aliphatic carbocycles. The van der Waals surface area contributed by atoms with Gasteiger partial charge >= 0.3 is 0 Å². The minimum atomic E-state index is 0.428. The number of rotatable bonds is 4. The van der Waals surface area contributed by atoms with E-state index in [1.165, 1.54) is 38.5 Å². The summed E-state index contributed by atoms with van der Waals surface area (Å²) in [6.07, 6.45) is 8.19. The smallest absolute Gasteiger partial charge is 0.0125 e. The molecule has 0 amide bonds. The minimum Gasteiger partial charge on any atom is -0.330 e. The zero-order valence-electron chi connectivity index (χ0n) is 10.3. The van der Waals surface area contributed by atoms with Crippen LogP contribution in [0.2, 0.25) is 0 Å².